The van der Waals surface area contributed by atoms with Crippen molar-refractivity contribution in [3.8, 4) is 0 Å². The van der Waals surface area contributed by atoms with Gasteiger partial charge in [-0.25, -0.2) is 8.42 Å². The van der Waals surface area contributed by atoms with Gasteiger partial charge in [-0.3, -0.25) is 9.59 Å². The molecule has 7 nitrogen and oxygen atoms in total. The molecular weight excluding hydrogens is 389 g/mol. The van der Waals surface area contributed by atoms with Gasteiger partial charge in [0.05, 0.1) is 23.7 Å². The Morgan fingerprint density at radius 2 is 1.89 bits per heavy atom. The molecule has 0 saturated carbocycles. The number of rotatable bonds is 5. The number of hydrogen-bond donors (Lipinski definition) is 1. The lowest BCUT2D eigenvalue weighted by Crippen LogP contribution is -2.47. The number of methoxy groups -OCH3 is 1. The van der Waals surface area contributed by atoms with Crippen LogP contribution in [0.15, 0.2) is 24.3 Å². The van der Waals surface area contributed by atoms with Crippen LogP contribution >= 0.6 is 0 Å². The molecule has 150 valence electrons. The molecule has 0 bridgehead atoms. The Morgan fingerprint density at radius 3 is 2.37 bits per heavy atom. The van der Waals surface area contributed by atoms with E-state index in [-0.39, 0.29) is 36.8 Å². The SMILES string of the molecule is COCCN(C(=O)C(=O)Nc1ccc(C(F)(F)F)cc1)C1CCS(=O)(=O)C1. The average Bonchev–Trinajstić information content (AvgIpc) is 2.94. The summed E-state index contributed by atoms with van der Waals surface area (Å²) in [6.07, 6.45) is -4.30. The smallest absolute Gasteiger partial charge is 0.383 e. The third-order valence-corrected chi connectivity index (χ3v) is 5.86. The van der Waals surface area contributed by atoms with E-state index in [0.29, 0.717) is 0 Å². The third-order valence-electron chi connectivity index (χ3n) is 4.11. The van der Waals surface area contributed by atoms with Gasteiger partial charge in [-0.2, -0.15) is 13.2 Å². The Hall–Kier alpha value is -2.14. The van der Waals surface area contributed by atoms with Gasteiger partial charge in [0.15, 0.2) is 9.84 Å². The molecule has 11 heteroatoms. The number of alkyl halides is 3. The van der Waals surface area contributed by atoms with Gasteiger partial charge in [0.25, 0.3) is 0 Å². The number of ether oxygens (including phenoxy) is 1. The summed E-state index contributed by atoms with van der Waals surface area (Å²) in [5.74, 6) is -2.34. The second-order valence-electron chi connectivity index (χ2n) is 6.08. The number of anilines is 1. The molecule has 1 aromatic carbocycles. The molecule has 1 aliphatic rings. The molecule has 1 fully saturated rings. The number of nitrogens with zero attached hydrogens (tertiary/aromatic N) is 1. The molecule has 1 aliphatic heterocycles. The maximum absolute atomic E-state index is 12.6. The van der Waals surface area contributed by atoms with Crippen LogP contribution in [0.5, 0.6) is 0 Å². The van der Waals surface area contributed by atoms with Crippen LogP contribution in [0.2, 0.25) is 0 Å². The zero-order chi connectivity index (χ0) is 20.2. The van der Waals surface area contributed by atoms with Crippen LogP contribution in [0.25, 0.3) is 0 Å². The van der Waals surface area contributed by atoms with E-state index in [2.05, 4.69) is 5.32 Å². The molecule has 1 atom stereocenters. The molecule has 0 aliphatic carbocycles. The maximum Gasteiger partial charge on any atom is 0.416 e. The van der Waals surface area contributed by atoms with Crippen molar-refractivity contribution in [1.29, 1.82) is 0 Å². The van der Waals surface area contributed by atoms with Gasteiger partial charge in [-0.1, -0.05) is 0 Å². The highest BCUT2D eigenvalue weighted by atomic mass is 32.2. The van der Waals surface area contributed by atoms with E-state index < -0.39 is 39.4 Å². The number of hydrogen-bond acceptors (Lipinski definition) is 5. The lowest BCUT2D eigenvalue weighted by atomic mass is 10.2. The zero-order valence-corrected chi connectivity index (χ0v) is 15.3. The molecule has 0 spiro atoms. The first-order valence-electron chi connectivity index (χ1n) is 8.02. The van der Waals surface area contributed by atoms with Crippen LogP contribution in [0.1, 0.15) is 12.0 Å². The molecule has 2 rings (SSSR count). The Kier molecular flexibility index (Phi) is 6.47. The molecule has 1 aromatic rings. The van der Waals surface area contributed by atoms with E-state index in [4.69, 9.17) is 4.74 Å². The third kappa shape index (κ3) is 5.67. The van der Waals surface area contributed by atoms with E-state index in [1.54, 1.807) is 0 Å². The van der Waals surface area contributed by atoms with Gasteiger partial charge in [-0.15, -0.1) is 0 Å². The largest absolute Gasteiger partial charge is 0.416 e. The lowest BCUT2D eigenvalue weighted by Gasteiger charge is -2.27. The number of halogens is 3. The number of amides is 2. The Morgan fingerprint density at radius 1 is 1.26 bits per heavy atom. The summed E-state index contributed by atoms with van der Waals surface area (Å²) in [6.45, 7) is 0.131. The van der Waals surface area contributed by atoms with Crippen molar-refractivity contribution >= 4 is 27.3 Å². The summed E-state index contributed by atoms with van der Waals surface area (Å²) in [6, 6.07) is 3.00. The number of sulfone groups is 1. The molecule has 1 heterocycles. The Labute approximate surface area is 154 Å². The van der Waals surface area contributed by atoms with Crippen molar-refractivity contribution < 1.29 is 35.9 Å². The molecule has 1 saturated heterocycles. The first-order valence-corrected chi connectivity index (χ1v) is 9.84. The minimum Gasteiger partial charge on any atom is -0.383 e. The predicted octanol–water partition coefficient (Wildman–Crippen LogP) is 1.31. The molecule has 0 aromatic heterocycles. The fourth-order valence-corrected chi connectivity index (χ4v) is 4.45. The van der Waals surface area contributed by atoms with Crippen molar-refractivity contribution in [2.45, 2.75) is 18.6 Å². The van der Waals surface area contributed by atoms with E-state index in [9.17, 15) is 31.2 Å². The zero-order valence-electron chi connectivity index (χ0n) is 14.5. The minimum atomic E-state index is -4.51. The molecular formula is C16H19F3N2O5S. The highest BCUT2D eigenvalue weighted by molar-refractivity contribution is 7.91. The van der Waals surface area contributed by atoms with E-state index in [1.807, 2.05) is 0 Å². The predicted molar refractivity (Wildman–Crippen MR) is 90.7 cm³/mol. The summed E-state index contributed by atoms with van der Waals surface area (Å²) in [5.41, 5.74) is -0.864. The summed E-state index contributed by atoms with van der Waals surface area (Å²) in [4.78, 5) is 25.8. The van der Waals surface area contributed by atoms with Gasteiger partial charge in [0, 0.05) is 25.4 Å². The first-order chi connectivity index (χ1) is 12.5. The summed E-state index contributed by atoms with van der Waals surface area (Å²) >= 11 is 0. The van der Waals surface area contributed by atoms with Crippen LogP contribution in [-0.4, -0.2) is 62.9 Å². The average molecular weight is 408 g/mol. The number of nitrogens with one attached hydrogen (secondary N) is 1. The highest BCUT2D eigenvalue weighted by Crippen LogP contribution is 2.29. The van der Waals surface area contributed by atoms with Gasteiger partial charge in [0.2, 0.25) is 0 Å². The second kappa shape index (κ2) is 8.26. The Bertz CT molecular complexity index is 793. The van der Waals surface area contributed by atoms with Crippen molar-refractivity contribution in [3.63, 3.8) is 0 Å². The fraction of sp³-hybridized carbons (Fsp3) is 0.500. The van der Waals surface area contributed by atoms with E-state index in [1.165, 1.54) is 7.11 Å². The molecule has 1 unspecified atom stereocenters. The fourth-order valence-electron chi connectivity index (χ4n) is 2.72. The van der Waals surface area contributed by atoms with E-state index in [0.717, 1.165) is 29.2 Å². The van der Waals surface area contributed by atoms with Gasteiger partial charge in [-0.05, 0) is 30.7 Å². The number of carbonyl (C=O) groups is 2. The van der Waals surface area contributed by atoms with Gasteiger partial charge < -0.3 is 15.0 Å². The lowest BCUT2D eigenvalue weighted by molar-refractivity contribution is -0.145. The number of carbonyl (C=O) groups excluding carboxylic acids is 2. The van der Waals surface area contributed by atoms with Gasteiger partial charge >= 0.3 is 18.0 Å². The highest BCUT2D eigenvalue weighted by Gasteiger charge is 2.36. The van der Waals surface area contributed by atoms with Crippen LogP contribution in [0, 0.1) is 0 Å². The van der Waals surface area contributed by atoms with Gasteiger partial charge in [0.1, 0.15) is 0 Å². The molecule has 27 heavy (non-hydrogen) atoms. The van der Waals surface area contributed by atoms with Crippen molar-refractivity contribution in [2.24, 2.45) is 0 Å². The first kappa shape index (κ1) is 21.2. The number of benzene rings is 1. The summed E-state index contributed by atoms with van der Waals surface area (Å²) in [7, 11) is -1.88. The molecule has 2 amide bonds. The van der Waals surface area contributed by atoms with Crippen LogP contribution in [0.4, 0.5) is 18.9 Å². The minimum absolute atomic E-state index is 0.0204. The van der Waals surface area contributed by atoms with Crippen LogP contribution in [0.3, 0.4) is 0 Å². The summed E-state index contributed by atoms with van der Waals surface area (Å²) in [5, 5.41) is 2.23. The maximum atomic E-state index is 12.6. The quantitative estimate of drug-likeness (QED) is 0.742. The molecule has 1 N–H and O–H groups in total. The standard InChI is InChI=1S/C16H19F3N2O5S/c1-26-8-7-21(13-6-9-27(24,25)10-13)15(23)14(22)20-12-4-2-11(3-5-12)16(17,18)19/h2-5,13H,6-10H2,1H3,(H,20,22). The Balaban J connectivity index is 2.09. The van der Waals surface area contributed by atoms with Crippen molar-refractivity contribution in [1.82, 2.24) is 4.90 Å². The normalized spacial score (nSPS) is 18.9. The van der Waals surface area contributed by atoms with E-state index >= 15 is 0 Å². The second-order valence-corrected chi connectivity index (χ2v) is 8.31. The van der Waals surface area contributed by atoms with Crippen LogP contribution < -0.4 is 5.32 Å². The van der Waals surface area contributed by atoms with Crippen molar-refractivity contribution in [3.05, 3.63) is 29.8 Å². The van der Waals surface area contributed by atoms with Crippen molar-refractivity contribution in [2.75, 3.05) is 37.1 Å². The van der Waals surface area contributed by atoms with Crippen LogP contribution in [-0.2, 0) is 30.3 Å². The molecule has 0 radical (unpaired) electrons. The topological polar surface area (TPSA) is 92.8 Å². The summed E-state index contributed by atoms with van der Waals surface area (Å²) < 4.78 is 65.9. The monoisotopic (exact) mass is 408 g/mol.